The van der Waals surface area contributed by atoms with Crippen molar-refractivity contribution < 1.29 is 14.3 Å². The molecule has 0 heterocycles. The molecule has 0 saturated heterocycles. The van der Waals surface area contributed by atoms with Gasteiger partial charge in [-0.25, -0.2) is 0 Å². The Morgan fingerprint density at radius 3 is 1.96 bits per heavy atom. The number of esters is 1. The van der Waals surface area contributed by atoms with E-state index in [0.717, 1.165) is 11.1 Å². The van der Waals surface area contributed by atoms with E-state index in [1.165, 1.54) is 6.07 Å². The van der Waals surface area contributed by atoms with Crippen molar-refractivity contribution in [3.05, 3.63) is 100 Å². The van der Waals surface area contributed by atoms with Gasteiger partial charge in [-0.3, -0.25) is 9.59 Å². The summed E-state index contributed by atoms with van der Waals surface area (Å²) in [5, 5.41) is 3.37. The number of benzene rings is 3. The maximum Gasteiger partial charge on any atom is 0.318 e. The topological polar surface area (TPSA) is 55.4 Å². The second kappa shape index (κ2) is 9.40. The number of ether oxygens (including phenoxy) is 1. The van der Waals surface area contributed by atoms with Gasteiger partial charge in [-0.1, -0.05) is 83.9 Å². The third kappa shape index (κ3) is 5.12. The molecule has 28 heavy (non-hydrogen) atoms. The minimum Gasteiger partial charge on any atom is -0.455 e. The van der Waals surface area contributed by atoms with E-state index < -0.39 is 24.4 Å². The first-order valence-corrected chi connectivity index (χ1v) is 9.31. The number of carbonyl (C=O) groups excluding carboxylic acids is 2. The van der Waals surface area contributed by atoms with Gasteiger partial charge in [0.1, 0.15) is 5.92 Å². The molecular weight excluding hydrogens is 397 g/mol. The van der Waals surface area contributed by atoms with Crippen LogP contribution in [0.3, 0.4) is 0 Å². The van der Waals surface area contributed by atoms with Crippen LogP contribution in [0.25, 0.3) is 0 Å². The molecule has 6 heteroatoms. The van der Waals surface area contributed by atoms with Gasteiger partial charge in [-0.2, -0.15) is 0 Å². The van der Waals surface area contributed by atoms with Gasteiger partial charge in [0.05, 0.1) is 10.7 Å². The van der Waals surface area contributed by atoms with Crippen LogP contribution in [0.4, 0.5) is 5.69 Å². The summed E-state index contributed by atoms with van der Waals surface area (Å²) in [6, 6.07) is 23.3. The van der Waals surface area contributed by atoms with Crippen LogP contribution in [0.15, 0.2) is 78.9 Å². The second-order valence-corrected chi connectivity index (χ2v) is 6.88. The van der Waals surface area contributed by atoms with E-state index in [1.807, 2.05) is 60.7 Å². The lowest BCUT2D eigenvalue weighted by Crippen LogP contribution is -2.24. The van der Waals surface area contributed by atoms with Crippen LogP contribution in [0.5, 0.6) is 0 Å². The summed E-state index contributed by atoms with van der Waals surface area (Å²) in [6.07, 6.45) is 0. The number of anilines is 1. The van der Waals surface area contributed by atoms with Crippen LogP contribution in [-0.4, -0.2) is 18.5 Å². The average Bonchev–Trinajstić information content (AvgIpc) is 2.70. The largest absolute Gasteiger partial charge is 0.455 e. The fraction of sp³-hybridized carbons (Fsp3) is 0.0909. The predicted octanol–water partition coefficient (Wildman–Crippen LogP) is 5.31. The number of amides is 1. The highest BCUT2D eigenvalue weighted by Gasteiger charge is 2.24. The standard InChI is InChI=1S/C22H17Cl2NO3/c23-17-11-12-19(18(24)13-17)25-20(26)14-28-22(27)21(15-7-3-1-4-8-15)16-9-5-2-6-10-16/h1-13,21H,14H2,(H,25,26). The zero-order valence-corrected chi connectivity index (χ0v) is 16.3. The van der Waals surface area contributed by atoms with Gasteiger partial charge < -0.3 is 10.1 Å². The van der Waals surface area contributed by atoms with Crippen LogP contribution in [0.1, 0.15) is 17.0 Å². The highest BCUT2D eigenvalue weighted by molar-refractivity contribution is 6.36. The quantitative estimate of drug-likeness (QED) is 0.557. The molecule has 0 radical (unpaired) electrons. The molecule has 142 valence electrons. The van der Waals surface area contributed by atoms with Crippen molar-refractivity contribution in [1.82, 2.24) is 0 Å². The molecule has 1 N–H and O–H groups in total. The number of hydrogen-bond donors (Lipinski definition) is 1. The minimum atomic E-state index is -0.616. The van der Waals surface area contributed by atoms with E-state index in [-0.39, 0.29) is 0 Å². The predicted molar refractivity (Wildman–Crippen MR) is 111 cm³/mol. The molecule has 0 fully saturated rings. The molecule has 0 aliphatic rings. The second-order valence-electron chi connectivity index (χ2n) is 6.03. The molecular formula is C22H17Cl2NO3. The summed E-state index contributed by atoms with van der Waals surface area (Å²) in [7, 11) is 0. The fourth-order valence-corrected chi connectivity index (χ4v) is 3.21. The van der Waals surface area contributed by atoms with E-state index in [2.05, 4.69) is 5.32 Å². The third-order valence-electron chi connectivity index (χ3n) is 4.05. The molecule has 0 unspecified atom stereocenters. The maximum absolute atomic E-state index is 12.8. The first kappa shape index (κ1) is 19.9. The minimum absolute atomic E-state index is 0.304. The Morgan fingerprint density at radius 2 is 1.43 bits per heavy atom. The van der Waals surface area contributed by atoms with Gasteiger partial charge >= 0.3 is 5.97 Å². The van der Waals surface area contributed by atoms with Gasteiger partial charge in [0.15, 0.2) is 6.61 Å². The zero-order valence-electron chi connectivity index (χ0n) is 14.8. The molecule has 0 aliphatic carbocycles. The molecule has 3 aromatic carbocycles. The first-order valence-electron chi connectivity index (χ1n) is 8.56. The van der Waals surface area contributed by atoms with E-state index >= 15 is 0 Å². The molecule has 0 aliphatic heterocycles. The molecule has 3 rings (SSSR count). The van der Waals surface area contributed by atoms with Crippen molar-refractivity contribution in [2.45, 2.75) is 5.92 Å². The number of rotatable bonds is 6. The summed E-state index contributed by atoms with van der Waals surface area (Å²) >= 11 is 11.9. The van der Waals surface area contributed by atoms with Crippen molar-refractivity contribution in [3.8, 4) is 0 Å². The van der Waals surface area contributed by atoms with Crippen LogP contribution < -0.4 is 5.32 Å². The highest BCUT2D eigenvalue weighted by Crippen LogP contribution is 2.27. The van der Waals surface area contributed by atoms with Crippen molar-refractivity contribution in [2.24, 2.45) is 0 Å². The molecule has 0 aromatic heterocycles. The number of hydrogen-bond acceptors (Lipinski definition) is 3. The molecule has 1 amide bonds. The summed E-state index contributed by atoms with van der Waals surface area (Å²) in [6.45, 7) is -0.423. The van der Waals surface area contributed by atoms with Crippen LogP contribution in [0.2, 0.25) is 10.0 Å². The lowest BCUT2D eigenvalue weighted by molar-refractivity contribution is -0.147. The van der Waals surface area contributed by atoms with E-state index in [0.29, 0.717) is 15.7 Å². The number of nitrogens with one attached hydrogen (secondary N) is 1. The zero-order chi connectivity index (χ0) is 19.9. The summed E-state index contributed by atoms with van der Waals surface area (Å²) in [4.78, 5) is 24.9. The van der Waals surface area contributed by atoms with Crippen molar-refractivity contribution >= 4 is 40.8 Å². The first-order chi connectivity index (χ1) is 13.5. The number of halogens is 2. The Labute approximate surface area is 173 Å². The smallest absolute Gasteiger partial charge is 0.318 e. The van der Waals surface area contributed by atoms with Crippen molar-refractivity contribution in [2.75, 3.05) is 11.9 Å². The van der Waals surface area contributed by atoms with Crippen molar-refractivity contribution in [1.29, 1.82) is 0 Å². The Kier molecular flexibility index (Phi) is 6.69. The van der Waals surface area contributed by atoms with E-state index in [4.69, 9.17) is 27.9 Å². The summed E-state index contributed by atoms with van der Waals surface area (Å²) in [5.74, 6) is -1.61. The summed E-state index contributed by atoms with van der Waals surface area (Å²) in [5.41, 5.74) is 1.98. The highest BCUT2D eigenvalue weighted by atomic mass is 35.5. The van der Waals surface area contributed by atoms with Crippen LogP contribution in [-0.2, 0) is 14.3 Å². The van der Waals surface area contributed by atoms with E-state index in [1.54, 1.807) is 12.1 Å². The van der Waals surface area contributed by atoms with Crippen LogP contribution >= 0.6 is 23.2 Å². The average molecular weight is 414 g/mol. The Bertz CT molecular complexity index is 923. The molecule has 0 atom stereocenters. The summed E-state index contributed by atoms with van der Waals surface area (Å²) < 4.78 is 5.29. The molecule has 4 nitrogen and oxygen atoms in total. The fourth-order valence-electron chi connectivity index (χ4n) is 2.75. The molecule has 0 bridgehead atoms. The SMILES string of the molecule is O=C(COC(=O)C(c1ccccc1)c1ccccc1)Nc1ccc(Cl)cc1Cl. The molecule has 0 spiro atoms. The van der Waals surface area contributed by atoms with Crippen molar-refractivity contribution in [3.63, 3.8) is 0 Å². The van der Waals surface area contributed by atoms with Crippen LogP contribution in [0, 0.1) is 0 Å². The Hall–Kier alpha value is -2.82. The third-order valence-corrected chi connectivity index (χ3v) is 4.60. The maximum atomic E-state index is 12.8. The number of carbonyl (C=O) groups is 2. The Balaban J connectivity index is 1.69. The lowest BCUT2D eigenvalue weighted by Gasteiger charge is -2.17. The molecule has 0 saturated carbocycles. The van der Waals surface area contributed by atoms with E-state index in [9.17, 15) is 9.59 Å². The monoisotopic (exact) mass is 413 g/mol. The Morgan fingerprint density at radius 1 is 0.857 bits per heavy atom. The van der Waals surface area contributed by atoms with Gasteiger partial charge in [-0.05, 0) is 29.3 Å². The lowest BCUT2D eigenvalue weighted by atomic mass is 9.91. The van der Waals surface area contributed by atoms with Gasteiger partial charge in [-0.15, -0.1) is 0 Å². The van der Waals surface area contributed by atoms with Gasteiger partial charge in [0.25, 0.3) is 5.91 Å². The van der Waals surface area contributed by atoms with Gasteiger partial charge in [0.2, 0.25) is 0 Å². The molecule has 3 aromatic rings. The normalized spacial score (nSPS) is 10.5. The van der Waals surface area contributed by atoms with Gasteiger partial charge in [0, 0.05) is 5.02 Å².